The molecule has 138 valence electrons. The fraction of sp³-hybridized carbons (Fsp3) is 0.143. The quantitative estimate of drug-likeness (QED) is 0.592. The molecule has 6 nitrogen and oxygen atoms in total. The van der Waals surface area contributed by atoms with Gasteiger partial charge in [0.05, 0.1) is 35.4 Å². The Labute approximate surface area is 160 Å². The first-order chi connectivity index (χ1) is 13.4. The Hall–Kier alpha value is -3.63. The topological polar surface area (TPSA) is 87.1 Å². The van der Waals surface area contributed by atoms with Crippen molar-refractivity contribution in [2.24, 2.45) is 0 Å². The van der Waals surface area contributed by atoms with Gasteiger partial charge in [-0.25, -0.2) is 14.4 Å². The number of hydrogen-bond acceptors (Lipinski definition) is 5. The van der Waals surface area contributed by atoms with Gasteiger partial charge in [0.2, 0.25) is 0 Å². The Morgan fingerprint density at radius 2 is 1.89 bits per heavy atom. The summed E-state index contributed by atoms with van der Waals surface area (Å²) in [7, 11) is 0. The van der Waals surface area contributed by atoms with E-state index in [0.717, 1.165) is 0 Å². The highest BCUT2D eigenvalue weighted by Gasteiger charge is 2.20. The van der Waals surface area contributed by atoms with E-state index in [2.05, 4.69) is 21.1 Å². The summed E-state index contributed by atoms with van der Waals surface area (Å²) in [5.41, 5.74) is 1.82. The monoisotopic (exact) mass is 373 g/mol. The molecule has 1 N–H and O–H groups in total. The van der Waals surface area contributed by atoms with E-state index < -0.39 is 11.4 Å². The SMILES string of the molecule is CC(C)(O)c1cnn2c(-c3ccc(F)c(-c4ccccc4C#N)c3)cnc2n1. The summed E-state index contributed by atoms with van der Waals surface area (Å²) >= 11 is 0. The molecule has 0 amide bonds. The fourth-order valence-corrected chi connectivity index (χ4v) is 2.97. The molecule has 0 spiro atoms. The number of rotatable bonds is 3. The lowest BCUT2D eigenvalue weighted by Crippen LogP contribution is -2.19. The molecule has 0 unspecified atom stereocenters. The van der Waals surface area contributed by atoms with Crippen LogP contribution in [0.5, 0.6) is 0 Å². The number of benzene rings is 2. The first-order valence-corrected chi connectivity index (χ1v) is 8.61. The molecule has 7 heteroatoms. The summed E-state index contributed by atoms with van der Waals surface area (Å²) in [6.45, 7) is 3.24. The molecule has 2 aromatic heterocycles. The van der Waals surface area contributed by atoms with E-state index in [1.54, 1.807) is 56.4 Å². The number of aliphatic hydroxyl groups is 1. The third kappa shape index (κ3) is 3.00. The van der Waals surface area contributed by atoms with Gasteiger partial charge in [0, 0.05) is 16.7 Å². The summed E-state index contributed by atoms with van der Waals surface area (Å²) in [5.74, 6) is -0.0893. The number of fused-ring (bicyclic) bond motifs is 1. The standard InChI is InChI=1S/C21H16FN5O/c1-21(2,28)19-12-25-27-18(11-24-20(27)26-19)13-7-8-17(22)16(9-13)15-6-4-3-5-14(15)10-23/h3-9,11-12,28H,1-2H3. The fourth-order valence-electron chi connectivity index (χ4n) is 2.97. The van der Waals surface area contributed by atoms with Crippen molar-refractivity contribution in [3.05, 3.63) is 71.9 Å². The molecule has 28 heavy (non-hydrogen) atoms. The van der Waals surface area contributed by atoms with Crippen LogP contribution < -0.4 is 0 Å². The second-order valence-corrected chi connectivity index (χ2v) is 6.91. The molecule has 0 bridgehead atoms. The van der Waals surface area contributed by atoms with E-state index in [4.69, 9.17) is 0 Å². The molecular formula is C21H16FN5O. The summed E-state index contributed by atoms with van der Waals surface area (Å²) in [6.07, 6.45) is 3.07. The zero-order chi connectivity index (χ0) is 19.9. The first kappa shape index (κ1) is 17.8. The van der Waals surface area contributed by atoms with Crippen LogP contribution >= 0.6 is 0 Å². The molecule has 0 atom stereocenters. The van der Waals surface area contributed by atoms with Gasteiger partial charge < -0.3 is 5.11 Å². The van der Waals surface area contributed by atoms with Crippen LogP contribution in [0.25, 0.3) is 28.2 Å². The third-order valence-corrected chi connectivity index (χ3v) is 4.46. The summed E-state index contributed by atoms with van der Waals surface area (Å²) in [4.78, 5) is 8.60. The lowest BCUT2D eigenvalue weighted by molar-refractivity contribution is 0.0734. The van der Waals surface area contributed by atoms with Crippen LogP contribution in [0.2, 0.25) is 0 Å². The number of hydrogen-bond donors (Lipinski definition) is 1. The van der Waals surface area contributed by atoms with Crippen molar-refractivity contribution < 1.29 is 9.50 Å². The Morgan fingerprint density at radius 1 is 1.11 bits per heavy atom. The normalized spacial score (nSPS) is 11.5. The maximum absolute atomic E-state index is 14.5. The number of aromatic nitrogens is 4. The Kier molecular flexibility index (Phi) is 4.13. The predicted octanol–water partition coefficient (Wildman–Crippen LogP) is 3.70. The van der Waals surface area contributed by atoms with Gasteiger partial charge in [0.15, 0.2) is 0 Å². The van der Waals surface area contributed by atoms with E-state index in [1.165, 1.54) is 16.8 Å². The van der Waals surface area contributed by atoms with Gasteiger partial charge in [0.25, 0.3) is 5.78 Å². The van der Waals surface area contributed by atoms with Crippen molar-refractivity contribution >= 4 is 5.78 Å². The maximum Gasteiger partial charge on any atom is 0.251 e. The molecular weight excluding hydrogens is 357 g/mol. The molecule has 0 aliphatic heterocycles. The Balaban J connectivity index is 1.86. The Morgan fingerprint density at radius 3 is 2.64 bits per heavy atom. The molecule has 4 aromatic rings. The van der Waals surface area contributed by atoms with E-state index in [9.17, 15) is 14.8 Å². The zero-order valence-electron chi connectivity index (χ0n) is 15.3. The van der Waals surface area contributed by atoms with Crippen molar-refractivity contribution in [3.63, 3.8) is 0 Å². The average molecular weight is 373 g/mol. The highest BCUT2D eigenvalue weighted by atomic mass is 19.1. The number of nitriles is 1. The van der Waals surface area contributed by atoms with Crippen molar-refractivity contribution in [2.75, 3.05) is 0 Å². The molecule has 2 aromatic carbocycles. The van der Waals surface area contributed by atoms with Crippen molar-refractivity contribution in [1.82, 2.24) is 19.6 Å². The van der Waals surface area contributed by atoms with Gasteiger partial charge in [-0.1, -0.05) is 18.2 Å². The minimum Gasteiger partial charge on any atom is -0.384 e. The lowest BCUT2D eigenvalue weighted by Gasteiger charge is -2.15. The van der Waals surface area contributed by atoms with Gasteiger partial charge in [-0.15, -0.1) is 0 Å². The van der Waals surface area contributed by atoms with Crippen LogP contribution in [-0.2, 0) is 5.60 Å². The van der Waals surface area contributed by atoms with Crippen LogP contribution in [0.3, 0.4) is 0 Å². The van der Waals surface area contributed by atoms with Crippen molar-refractivity contribution in [3.8, 4) is 28.5 Å². The van der Waals surface area contributed by atoms with E-state index in [-0.39, 0.29) is 0 Å². The third-order valence-electron chi connectivity index (χ3n) is 4.46. The number of halogens is 1. The van der Waals surface area contributed by atoms with Gasteiger partial charge in [-0.3, -0.25) is 0 Å². The zero-order valence-corrected chi connectivity index (χ0v) is 15.3. The Bertz CT molecular complexity index is 1230. The second-order valence-electron chi connectivity index (χ2n) is 6.91. The summed E-state index contributed by atoms with van der Waals surface area (Å²) < 4.78 is 16.1. The highest BCUT2D eigenvalue weighted by molar-refractivity contribution is 5.76. The van der Waals surface area contributed by atoms with Crippen LogP contribution in [0, 0.1) is 17.1 Å². The van der Waals surface area contributed by atoms with Gasteiger partial charge in [0.1, 0.15) is 11.4 Å². The number of imidazole rings is 1. The summed E-state index contributed by atoms with van der Waals surface area (Å²) in [6, 6.07) is 13.6. The molecule has 0 aliphatic carbocycles. The van der Waals surface area contributed by atoms with Gasteiger partial charge >= 0.3 is 0 Å². The van der Waals surface area contributed by atoms with Crippen LogP contribution in [-0.4, -0.2) is 24.7 Å². The summed E-state index contributed by atoms with van der Waals surface area (Å²) in [5, 5.41) is 23.8. The molecule has 0 saturated carbocycles. The molecule has 0 aliphatic rings. The van der Waals surface area contributed by atoms with Gasteiger partial charge in [-0.05, 0) is 38.1 Å². The lowest BCUT2D eigenvalue weighted by atomic mass is 9.97. The molecule has 4 rings (SSSR count). The predicted molar refractivity (Wildman–Crippen MR) is 102 cm³/mol. The molecule has 0 fully saturated rings. The average Bonchev–Trinajstić information content (AvgIpc) is 3.11. The maximum atomic E-state index is 14.5. The van der Waals surface area contributed by atoms with Crippen LogP contribution in [0.4, 0.5) is 4.39 Å². The highest BCUT2D eigenvalue weighted by Crippen LogP contribution is 2.31. The van der Waals surface area contributed by atoms with Crippen LogP contribution in [0.15, 0.2) is 54.9 Å². The van der Waals surface area contributed by atoms with Crippen molar-refractivity contribution in [2.45, 2.75) is 19.4 Å². The minimum atomic E-state index is -1.13. The largest absolute Gasteiger partial charge is 0.384 e. The van der Waals surface area contributed by atoms with E-state index >= 15 is 0 Å². The van der Waals surface area contributed by atoms with E-state index in [0.29, 0.717) is 39.4 Å². The first-order valence-electron chi connectivity index (χ1n) is 8.61. The van der Waals surface area contributed by atoms with Gasteiger partial charge in [-0.2, -0.15) is 14.9 Å². The molecule has 0 radical (unpaired) electrons. The van der Waals surface area contributed by atoms with Crippen LogP contribution in [0.1, 0.15) is 25.1 Å². The van der Waals surface area contributed by atoms with Crippen molar-refractivity contribution in [1.29, 1.82) is 5.26 Å². The second kappa shape index (κ2) is 6.51. The minimum absolute atomic E-state index is 0.325. The van der Waals surface area contributed by atoms with E-state index in [1.807, 2.05) is 0 Å². The molecule has 2 heterocycles. The number of nitrogens with zero attached hydrogens (tertiary/aromatic N) is 5. The molecule has 0 saturated heterocycles. The smallest absolute Gasteiger partial charge is 0.251 e.